The lowest BCUT2D eigenvalue weighted by molar-refractivity contribution is -0.00824. The largest absolute Gasteiger partial charge is 0.506 e. The van der Waals surface area contributed by atoms with E-state index < -0.39 is 0 Å². The molecule has 8 fully saturated rings. The normalized spacial score (nSPS) is 36.1. The maximum Gasteiger partial charge on any atom is 0.142 e. The van der Waals surface area contributed by atoms with Crippen molar-refractivity contribution in [1.82, 2.24) is 0 Å². The van der Waals surface area contributed by atoms with E-state index in [1.54, 1.807) is 24.3 Å². The molecule has 3 aromatic rings. The molecular weight excluding hydrogens is 548 g/mol. The van der Waals surface area contributed by atoms with E-state index in [1.165, 1.54) is 88.2 Å². The van der Waals surface area contributed by atoms with Crippen molar-refractivity contribution in [3.8, 4) is 34.5 Å². The zero-order valence-corrected chi connectivity index (χ0v) is 25.4. The molecule has 0 atom stereocenters. The highest BCUT2D eigenvalue weighted by atomic mass is 16.5. The average Bonchev–Trinajstić information content (AvgIpc) is 2.96. The summed E-state index contributed by atoms with van der Waals surface area (Å²) in [6.45, 7) is 0. The summed E-state index contributed by atoms with van der Waals surface area (Å²) in [5.74, 6) is 7.77. The summed E-state index contributed by atoms with van der Waals surface area (Å²) in [7, 11) is 0. The van der Waals surface area contributed by atoms with Crippen LogP contribution >= 0.6 is 0 Å². The van der Waals surface area contributed by atoms with Gasteiger partial charge in [0.2, 0.25) is 0 Å². The topological polar surface area (TPSA) is 111 Å². The van der Waals surface area contributed by atoms with Gasteiger partial charge in [0.1, 0.15) is 34.5 Å². The smallest absolute Gasteiger partial charge is 0.142 e. The zero-order valence-electron chi connectivity index (χ0n) is 25.4. The molecule has 8 bridgehead atoms. The maximum absolute atomic E-state index is 10.5. The van der Waals surface area contributed by atoms with Crippen molar-refractivity contribution in [2.75, 3.05) is 11.5 Å². The third kappa shape index (κ3) is 4.27. The number of nitrogen functional groups attached to an aromatic ring is 2. The lowest BCUT2D eigenvalue weighted by Crippen LogP contribution is -2.49. The molecule has 6 heteroatoms. The molecular formula is C38H44N2O4. The molecule has 0 saturated heterocycles. The third-order valence-corrected chi connectivity index (χ3v) is 12.8. The number of rotatable bonds is 6. The minimum atomic E-state index is 0.0447. The van der Waals surface area contributed by atoms with Crippen LogP contribution in [-0.4, -0.2) is 10.2 Å². The predicted octanol–water partition coefficient (Wildman–Crippen LogP) is 8.78. The summed E-state index contributed by atoms with van der Waals surface area (Å²) in [5, 5.41) is 21.0. The third-order valence-electron chi connectivity index (χ3n) is 12.8. The Kier molecular flexibility index (Phi) is 5.78. The molecule has 3 aromatic carbocycles. The summed E-state index contributed by atoms with van der Waals surface area (Å²) in [6.07, 6.45) is 15.3. The van der Waals surface area contributed by atoms with Crippen LogP contribution in [0, 0.1) is 35.5 Å². The van der Waals surface area contributed by atoms with Crippen molar-refractivity contribution >= 4 is 11.4 Å². The molecule has 0 spiro atoms. The number of phenols is 2. The molecule has 6 N–H and O–H groups in total. The van der Waals surface area contributed by atoms with Gasteiger partial charge in [0, 0.05) is 23.3 Å². The van der Waals surface area contributed by atoms with Crippen molar-refractivity contribution in [3.63, 3.8) is 0 Å². The lowest BCUT2D eigenvalue weighted by Gasteiger charge is -2.58. The molecule has 11 rings (SSSR count). The first-order valence-corrected chi connectivity index (χ1v) is 16.9. The number of ether oxygens (including phenoxy) is 2. The quantitative estimate of drug-likeness (QED) is 0.168. The van der Waals surface area contributed by atoms with Gasteiger partial charge >= 0.3 is 0 Å². The average molecular weight is 593 g/mol. The summed E-state index contributed by atoms with van der Waals surface area (Å²) < 4.78 is 13.7. The standard InChI is InChI=1S/C38H44N2O4/c39-31-3-1-27(11-33(31)41)43-35-13-30(38-18-24-8-25(19-38)10-26(9-24)20-38)36(44-28-2-4-32(40)34(42)12-28)14-29(35)37-15-21-5-22(16-37)7-23(6-21)17-37/h1-4,11-14,21-26,41-42H,5-10,15-20,39-40H2. The Labute approximate surface area is 259 Å². The maximum atomic E-state index is 10.5. The SMILES string of the molecule is Nc1ccc(Oc2cc(C34CC5CC(CC(C5)C3)C4)c(Oc3ccc(N)c(O)c3)cc2C23CC4CC(CC(C4)C2)C3)cc1O. The molecule has 8 saturated carbocycles. The van der Waals surface area contributed by atoms with Gasteiger partial charge in [0.15, 0.2) is 0 Å². The molecule has 44 heavy (non-hydrogen) atoms. The summed E-state index contributed by atoms with van der Waals surface area (Å²) in [6, 6.07) is 15.1. The Morgan fingerprint density at radius 2 is 0.818 bits per heavy atom. The monoisotopic (exact) mass is 592 g/mol. The first-order chi connectivity index (χ1) is 21.2. The first-order valence-electron chi connectivity index (χ1n) is 16.9. The second-order valence-corrected chi connectivity index (χ2v) is 15.9. The Bertz CT molecular complexity index is 1450. The van der Waals surface area contributed by atoms with E-state index in [0.29, 0.717) is 22.9 Å². The van der Waals surface area contributed by atoms with Gasteiger partial charge in [-0.1, -0.05) is 0 Å². The molecule has 8 aliphatic rings. The zero-order chi connectivity index (χ0) is 29.8. The second-order valence-electron chi connectivity index (χ2n) is 15.9. The molecule has 0 amide bonds. The van der Waals surface area contributed by atoms with Crippen LogP contribution in [0.2, 0.25) is 0 Å². The highest BCUT2D eigenvalue weighted by Crippen LogP contribution is 2.65. The van der Waals surface area contributed by atoms with Crippen LogP contribution < -0.4 is 20.9 Å². The molecule has 0 aliphatic heterocycles. The molecule has 6 nitrogen and oxygen atoms in total. The van der Waals surface area contributed by atoms with Crippen LogP contribution in [0.3, 0.4) is 0 Å². The Balaban J connectivity index is 1.23. The number of anilines is 2. The summed E-state index contributed by atoms with van der Waals surface area (Å²) in [5.41, 5.74) is 15.3. The Morgan fingerprint density at radius 1 is 0.500 bits per heavy atom. The van der Waals surface area contributed by atoms with E-state index in [1.807, 2.05) is 12.1 Å². The van der Waals surface area contributed by atoms with Crippen molar-refractivity contribution < 1.29 is 19.7 Å². The number of hydrogen-bond donors (Lipinski definition) is 4. The van der Waals surface area contributed by atoms with E-state index in [2.05, 4.69) is 12.1 Å². The van der Waals surface area contributed by atoms with Gasteiger partial charge < -0.3 is 31.2 Å². The molecule has 0 unspecified atom stereocenters. The molecule has 0 aromatic heterocycles. The van der Waals surface area contributed by atoms with Crippen LogP contribution in [0.5, 0.6) is 34.5 Å². The van der Waals surface area contributed by atoms with Gasteiger partial charge in [-0.2, -0.15) is 0 Å². The van der Waals surface area contributed by atoms with Crippen molar-refractivity contribution in [1.29, 1.82) is 0 Å². The number of hydrogen-bond acceptors (Lipinski definition) is 6. The summed E-state index contributed by atoms with van der Waals surface area (Å²) in [4.78, 5) is 0. The highest BCUT2D eigenvalue weighted by molar-refractivity contribution is 5.60. The number of aromatic hydroxyl groups is 2. The fraction of sp³-hybridized carbons (Fsp3) is 0.526. The Hall–Kier alpha value is -3.54. The van der Waals surface area contributed by atoms with Gasteiger partial charge in [0.05, 0.1) is 11.4 Å². The van der Waals surface area contributed by atoms with Crippen molar-refractivity contribution in [2.45, 2.75) is 87.9 Å². The van der Waals surface area contributed by atoms with Gasteiger partial charge in [-0.15, -0.1) is 0 Å². The first kappa shape index (κ1) is 26.8. The van der Waals surface area contributed by atoms with Crippen LogP contribution in [0.1, 0.15) is 88.2 Å². The number of nitrogens with two attached hydrogens (primary N) is 2. The second kappa shape index (κ2) is 9.48. The minimum Gasteiger partial charge on any atom is -0.506 e. The van der Waals surface area contributed by atoms with E-state index in [0.717, 1.165) is 47.0 Å². The summed E-state index contributed by atoms with van der Waals surface area (Å²) >= 11 is 0. The van der Waals surface area contributed by atoms with E-state index >= 15 is 0 Å². The van der Waals surface area contributed by atoms with Crippen LogP contribution in [0.15, 0.2) is 48.5 Å². The van der Waals surface area contributed by atoms with Gasteiger partial charge in [0.25, 0.3) is 0 Å². The fourth-order valence-corrected chi connectivity index (χ4v) is 11.9. The van der Waals surface area contributed by atoms with Gasteiger partial charge in [-0.25, -0.2) is 0 Å². The molecule has 230 valence electrons. The fourth-order valence-electron chi connectivity index (χ4n) is 11.9. The lowest BCUT2D eigenvalue weighted by atomic mass is 9.47. The van der Waals surface area contributed by atoms with Gasteiger partial charge in [-0.3, -0.25) is 0 Å². The molecule has 0 radical (unpaired) electrons. The predicted molar refractivity (Wildman–Crippen MR) is 171 cm³/mol. The van der Waals surface area contributed by atoms with Gasteiger partial charge in [-0.05, 0) is 160 Å². The molecule has 0 heterocycles. The van der Waals surface area contributed by atoms with Crippen LogP contribution in [-0.2, 0) is 10.8 Å². The van der Waals surface area contributed by atoms with Crippen molar-refractivity contribution in [2.24, 2.45) is 35.5 Å². The van der Waals surface area contributed by atoms with E-state index in [4.69, 9.17) is 20.9 Å². The van der Waals surface area contributed by atoms with Crippen LogP contribution in [0.25, 0.3) is 0 Å². The van der Waals surface area contributed by atoms with Crippen LogP contribution in [0.4, 0.5) is 11.4 Å². The molecule has 8 aliphatic carbocycles. The number of phenolic OH excluding ortho intramolecular Hbond substituents is 2. The Morgan fingerprint density at radius 3 is 1.11 bits per heavy atom. The van der Waals surface area contributed by atoms with Crippen molar-refractivity contribution in [3.05, 3.63) is 59.7 Å². The minimum absolute atomic E-state index is 0.0447. The number of benzene rings is 3. The van der Waals surface area contributed by atoms with E-state index in [-0.39, 0.29) is 22.3 Å². The van der Waals surface area contributed by atoms with E-state index in [9.17, 15) is 10.2 Å². The highest BCUT2D eigenvalue weighted by Gasteiger charge is 2.55.